The van der Waals surface area contributed by atoms with Crippen LogP contribution in [-0.4, -0.2) is 35.0 Å². The molecule has 1 aliphatic rings. The molecular weight excluding hydrogens is 266 g/mol. The van der Waals surface area contributed by atoms with Crippen LogP contribution in [0.4, 0.5) is 0 Å². The summed E-state index contributed by atoms with van der Waals surface area (Å²) < 4.78 is 0. The molecule has 1 heterocycles. The minimum Gasteiger partial charge on any atom is -0.481 e. The standard InChI is InChI=1S/C17H23NO3/c1-11-4-5-14(8-12(11)2)9-16(19)18-7-6-15(17(20)21)13(3)10-18/h4-5,8,13,15H,6-7,9-10H2,1-3H3,(H,20,21)/t13-,15+/m1/s1. The van der Waals surface area contributed by atoms with E-state index in [0.29, 0.717) is 25.9 Å². The highest BCUT2D eigenvalue weighted by Gasteiger charge is 2.32. The van der Waals surface area contributed by atoms with Crippen LogP contribution >= 0.6 is 0 Å². The highest BCUT2D eigenvalue weighted by atomic mass is 16.4. The van der Waals surface area contributed by atoms with Crippen molar-refractivity contribution in [3.63, 3.8) is 0 Å². The largest absolute Gasteiger partial charge is 0.481 e. The fourth-order valence-electron chi connectivity index (χ4n) is 2.94. The second-order valence-corrected chi connectivity index (χ2v) is 6.15. The van der Waals surface area contributed by atoms with Gasteiger partial charge in [0.05, 0.1) is 12.3 Å². The van der Waals surface area contributed by atoms with E-state index in [1.165, 1.54) is 11.1 Å². The van der Waals surface area contributed by atoms with Gasteiger partial charge in [-0.3, -0.25) is 9.59 Å². The fraction of sp³-hybridized carbons (Fsp3) is 0.529. The fourth-order valence-corrected chi connectivity index (χ4v) is 2.94. The lowest BCUT2D eigenvalue weighted by Crippen LogP contribution is -2.45. The zero-order valence-corrected chi connectivity index (χ0v) is 12.9. The lowest BCUT2D eigenvalue weighted by molar-refractivity contribution is -0.148. The average Bonchev–Trinajstić information content (AvgIpc) is 2.42. The molecule has 4 nitrogen and oxygen atoms in total. The van der Waals surface area contributed by atoms with Crippen LogP contribution in [0.25, 0.3) is 0 Å². The van der Waals surface area contributed by atoms with Crippen molar-refractivity contribution in [2.75, 3.05) is 13.1 Å². The Hall–Kier alpha value is -1.84. The van der Waals surface area contributed by atoms with Crippen LogP contribution in [0.5, 0.6) is 0 Å². The summed E-state index contributed by atoms with van der Waals surface area (Å²) >= 11 is 0. The summed E-state index contributed by atoms with van der Waals surface area (Å²) in [6.07, 6.45) is 0.945. The third-order valence-corrected chi connectivity index (χ3v) is 4.50. The summed E-state index contributed by atoms with van der Waals surface area (Å²) in [7, 11) is 0. The van der Waals surface area contributed by atoms with Crippen molar-refractivity contribution in [3.05, 3.63) is 34.9 Å². The molecule has 0 aromatic heterocycles. The highest BCUT2D eigenvalue weighted by molar-refractivity contribution is 5.79. The first kappa shape index (κ1) is 15.5. The number of hydrogen-bond acceptors (Lipinski definition) is 2. The smallest absolute Gasteiger partial charge is 0.306 e. The Kier molecular flexibility index (Phi) is 4.66. The quantitative estimate of drug-likeness (QED) is 0.929. The molecule has 1 aromatic carbocycles. The summed E-state index contributed by atoms with van der Waals surface area (Å²) in [5.41, 5.74) is 3.44. The van der Waals surface area contributed by atoms with Crippen LogP contribution in [0.2, 0.25) is 0 Å². The van der Waals surface area contributed by atoms with Crippen molar-refractivity contribution in [1.29, 1.82) is 0 Å². The molecule has 2 atom stereocenters. The number of amides is 1. The minimum atomic E-state index is -0.747. The van der Waals surface area contributed by atoms with Crippen molar-refractivity contribution in [1.82, 2.24) is 4.90 Å². The summed E-state index contributed by atoms with van der Waals surface area (Å²) in [4.78, 5) is 25.3. The molecule has 21 heavy (non-hydrogen) atoms. The van der Waals surface area contributed by atoms with Crippen molar-refractivity contribution < 1.29 is 14.7 Å². The molecule has 1 aromatic rings. The molecule has 2 rings (SSSR count). The van der Waals surface area contributed by atoms with Crippen molar-refractivity contribution in [2.24, 2.45) is 11.8 Å². The summed E-state index contributed by atoms with van der Waals surface area (Å²) in [5.74, 6) is -0.965. The Labute approximate surface area is 125 Å². The van der Waals surface area contributed by atoms with Gasteiger partial charge < -0.3 is 10.0 Å². The number of hydrogen-bond donors (Lipinski definition) is 1. The maximum absolute atomic E-state index is 12.4. The molecule has 4 heteroatoms. The van der Waals surface area contributed by atoms with Gasteiger partial charge in [-0.2, -0.15) is 0 Å². The number of carboxylic acids is 1. The van der Waals surface area contributed by atoms with Crippen LogP contribution in [0.15, 0.2) is 18.2 Å². The Morgan fingerprint density at radius 3 is 2.57 bits per heavy atom. The maximum Gasteiger partial charge on any atom is 0.306 e. The Bertz CT molecular complexity index is 553. The van der Waals surface area contributed by atoms with E-state index in [1.807, 2.05) is 26.0 Å². The number of benzene rings is 1. The zero-order chi connectivity index (χ0) is 15.6. The van der Waals surface area contributed by atoms with Gasteiger partial charge in [0.25, 0.3) is 0 Å². The van der Waals surface area contributed by atoms with Crippen molar-refractivity contribution >= 4 is 11.9 Å². The first-order valence-corrected chi connectivity index (χ1v) is 7.45. The molecule has 0 saturated carbocycles. The summed E-state index contributed by atoms with van der Waals surface area (Å²) in [6.45, 7) is 7.10. The van der Waals surface area contributed by atoms with Crippen molar-refractivity contribution in [2.45, 2.75) is 33.6 Å². The van der Waals surface area contributed by atoms with E-state index in [9.17, 15) is 9.59 Å². The number of carboxylic acid groups (broad SMARTS) is 1. The van der Waals surface area contributed by atoms with Gasteiger partial charge >= 0.3 is 5.97 Å². The molecule has 1 fully saturated rings. The van der Waals surface area contributed by atoms with Crippen molar-refractivity contribution in [3.8, 4) is 0 Å². The molecule has 0 spiro atoms. The first-order valence-electron chi connectivity index (χ1n) is 7.45. The van der Waals surface area contributed by atoms with Crippen LogP contribution in [-0.2, 0) is 16.0 Å². The van der Waals surface area contributed by atoms with Crippen LogP contribution in [0, 0.1) is 25.7 Å². The predicted molar refractivity (Wildman–Crippen MR) is 81.1 cm³/mol. The topological polar surface area (TPSA) is 57.6 Å². The van der Waals surface area contributed by atoms with Crippen LogP contribution < -0.4 is 0 Å². The first-order chi connectivity index (χ1) is 9.88. The van der Waals surface area contributed by atoms with Gasteiger partial charge in [-0.05, 0) is 42.9 Å². The molecule has 0 unspecified atom stereocenters. The molecule has 1 saturated heterocycles. The molecular formula is C17H23NO3. The van der Waals surface area contributed by atoms with E-state index in [4.69, 9.17) is 5.11 Å². The number of nitrogens with zero attached hydrogens (tertiary/aromatic N) is 1. The number of carbonyl (C=O) groups excluding carboxylic acids is 1. The normalized spacial score (nSPS) is 22.1. The third kappa shape index (κ3) is 3.63. The molecule has 0 radical (unpaired) electrons. The van der Waals surface area contributed by atoms with Gasteiger partial charge in [0.2, 0.25) is 5.91 Å². The van der Waals surface area contributed by atoms with E-state index in [2.05, 4.69) is 13.0 Å². The molecule has 0 aliphatic carbocycles. The second kappa shape index (κ2) is 6.29. The monoisotopic (exact) mass is 289 g/mol. The minimum absolute atomic E-state index is 0.0138. The number of rotatable bonds is 3. The molecule has 0 bridgehead atoms. The SMILES string of the molecule is Cc1ccc(CC(=O)N2CC[C@H](C(=O)O)[C@H](C)C2)cc1C. The Morgan fingerprint density at radius 1 is 1.29 bits per heavy atom. The second-order valence-electron chi connectivity index (χ2n) is 6.15. The predicted octanol–water partition coefficient (Wildman–Crippen LogP) is 2.42. The van der Waals surface area contributed by atoms with E-state index in [0.717, 1.165) is 5.56 Å². The van der Waals surface area contributed by atoms with Crippen LogP contribution in [0.1, 0.15) is 30.0 Å². The highest BCUT2D eigenvalue weighted by Crippen LogP contribution is 2.24. The van der Waals surface area contributed by atoms with Crippen LogP contribution in [0.3, 0.4) is 0 Å². The average molecular weight is 289 g/mol. The van der Waals surface area contributed by atoms with Gasteiger partial charge in [-0.1, -0.05) is 25.1 Å². The zero-order valence-electron chi connectivity index (χ0n) is 12.9. The lowest BCUT2D eigenvalue weighted by atomic mass is 9.87. The van der Waals surface area contributed by atoms with E-state index in [-0.39, 0.29) is 17.7 Å². The van der Waals surface area contributed by atoms with Gasteiger partial charge in [0.1, 0.15) is 0 Å². The Balaban J connectivity index is 1.98. The molecule has 1 aliphatic heterocycles. The van der Waals surface area contributed by atoms with Gasteiger partial charge in [0, 0.05) is 13.1 Å². The summed E-state index contributed by atoms with van der Waals surface area (Å²) in [5, 5.41) is 9.12. The third-order valence-electron chi connectivity index (χ3n) is 4.50. The number of aryl methyl sites for hydroxylation is 2. The number of piperidine rings is 1. The van der Waals surface area contributed by atoms with E-state index >= 15 is 0 Å². The summed E-state index contributed by atoms with van der Waals surface area (Å²) in [6, 6.07) is 6.09. The van der Waals surface area contributed by atoms with Gasteiger partial charge in [-0.25, -0.2) is 0 Å². The van der Waals surface area contributed by atoms with E-state index < -0.39 is 5.97 Å². The number of carbonyl (C=O) groups is 2. The maximum atomic E-state index is 12.4. The number of likely N-dealkylation sites (tertiary alicyclic amines) is 1. The molecule has 1 amide bonds. The Morgan fingerprint density at radius 2 is 2.00 bits per heavy atom. The van der Waals surface area contributed by atoms with Gasteiger partial charge in [0.15, 0.2) is 0 Å². The number of aliphatic carboxylic acids is 1. The molecule has 114 valence electrons. The lowest BCUT2D eigenvalue weighted by Gasteiger charge is -2.35. The van der Waals surface area contributed by atoms with E-state index in [1.54, 1.807) is 4.90 Å². The molecule has 1 N–H and O–H groups in total. The van der Waals surface area contributed by atoms with Gasteiger partial charge in [-0.15, -0.1) is 0 Å².